The van der Waals surface area contributed by atoms with E-state index in [9.17, 15) is 10.1 Å². The quantitative estimate of drug-likeness (QED) is 0.300. The molecule has 5 heteroatoms. The van der Waals surface area contributed by atoms with Crippen LogP contribution >= 0.6 is 23.2 Å². The summed E-state index contributed by atoms with van der Waals surface area (Å²) in [5.74, 6) is 0.618. The Kier molecular flexibility index (Phi) is 5.27. The second-order valence-corrected chi connectivity index (χ2v) is 6.51. The summed E-state index contributed by atoms with van der Waals surface area (Å²) in [5, 5.41) is 10.6. The third-order valence-corrected chi connectivity index (χ3v) is 4.34. The van der Waals surface area contributed by atoms with Crippen molar-refractivity contribution in [2.75, 3.05) is 0 Å². The molecule has 0 unspecified atom stereocenters. The van der Waals surface area contributed by atoms with Gasteiger partial charge in [-0.2, -0.15) is 5.26 Å². The van der Waals surface area contributed by atoms with Crippen molar-refractivity contribution in [1.82, 2.24) is 0 Å². The molecule has 0 aliphatic rings. The van der Waals surface area contributed by atoms with Gasteiger partial charge in [0.1, 0.15) is 23.2 Å². The number of halogens is 2. The lowest BCUT2D eigenvalue weighted by atomic mass is 10.0. The second-order valence-electron chi connectivity index (χ2n) is 5.64. The molecule has 1 aromatic heterocycles. The monoisotopic (exact) mass is 381 g/mol. The molecule has 0 atom stereocenters. The molecule has 3 rings (SSSR count). The molecule has 128 valence electrons. The van der Waals surface area contributed by atoms with E-state index in [1.54, 1.807) is 49.4 Å². The number of rotatable bonds is 4. The van der Waals surface area contributed by atoms with Crippen LogP contribution in [0.5, 0.6) is 0 Å². The zero-order valence-electron chi connectivity index (χ0n) is 13.8. The summed E-state index contributed by atoms with van der Waals surface area (Å²) in [6.45, 7) is 1.70. The molecule has 0 spiro atoms. The average Bonchev–Trinajstić information content (AvgIpc) is 3.03. The molecule has 0 saturated heterocycles. The van der Waals surface area contributed by atoms with Gasteiger partial charge in [-0.05, 0) is 61.0 Å². The molecule has 0 amide bonds. The van der Waals surface area contributed by atoms with E-state index in [2.05, 4.69) is 0 Å². The highest BCUT2D eigenvalue weighted by Gasteiger charge is 2.19. The standard InChI is InChI=1S/C21H13Cl2NO2/c1-13-19(11-20(26-13)15-4-8-18(23)9-5-15)21(25)16(12-24)10-14-2-6-17(22)7-3-14/h2-11H,1H3/b16-10+. The molecule has 0 N–H and O–H groups in total. The molecule has 0 saturated carbocycles. The number of allylic oxidation sites excluding steroid dienone is 1. The molecule has 0 fully saturated rings. The maximum absolute atomic E-state index is 12.8. The lowest BCUT2D eigenvalue weighted by Gasteiger charge is -1.98. The number of ketones is 1. The Labute approximate surface area is 161 Å². The number of aryl methyl sites for hydroxylation is 1. The minimum atomic E-state index is -0.385. The molecular formula is C21H13Cl2NO2. The lowest BCUT2D eigenvalue weighted by Crippen LogP contribution is -2.02. The smallest absolute Gasteiger partial charge is 0.207 e. The average molecular weight is 382 g/mol. The summed E-state index contributed by atoms with van der Waals surface area (Å²) in [7, 11) is 0. The van der Waals surface area contributed by atoms with Gasteiger partial charge in [0.25, 0.3) is 0 Å². The highest BCUT2D eigenvalue weighted by Crippen LogP contribution is 2.28. The molecule has 0 aliphatic carbocycles. The number of benzene rings is 2. The Morgan fingerprint density at radius 1 is 1.04 bits per heavy atom. The van der Waals surface area contributed by atoms with E-state index in [0.29, 0.717) is 27.1 Å². The SMILES string of the molecule is Cc1oc(-c2ccc(Cl)cc2)cc1C(=O)/C(C#N)=C/c1ccc(Cl)cc1. The van der Waals surface area contributed by atoms with Crippen molar-refractivity contribution in [2.24, 2.45) is 0 Å². The number of carbonyl (C=O) groups excluding carboxylic acids is 1. The molecule has 26 heavy (non-hydrogen) atoms. The van der Waals surface area contributed by atoms with Crippen molar-refractivity contribution >= 4 is 35.1 Å². The summed E-state index contributed by atoms with van der Waals surface area (Å²) < 4.78 is 5.70. The molecule has 0 bridgehead atoms. The minimum absolute atomic E-state index is 0.0267. The van der Waals surface area contributed by atoms with E-state index < -0.39 is 0 Å². The summed E-state index contributed by atoms with van der Waals surface area (Å²) in [4.78, 5) is 12.8. The summed E-state index contributed by atoms with van der Waals surface area (Å²) in [5.41, 5.74) is 1.91. The van der Waals surface area contributed by atoms with Crippen LogP contribution in [0.15, 0.2) is 64.6 Å². The molecule has 0 aliphatic heterocycles. The Morgan fingerprint density at radius 2 is 1.62 bits per heavy atom. The van der Waals surface area contributed by atoms with Gasteiger partial charge in [0.05, 0.1) is 5.56 Å². The fraction of sp³-hybridized carbons (Fsp3) is 0.0476. The van der Waals surface area contributed by atoms with Crippen LogP contribution in [0.2, 0.25) is 10.0 Å². The summed E-state index contributed by atoms with van der Waals surface area (Å²) >= 11 is 11.8. The zero-order chi connectivity index (χ0) is 18.7. The Morgan fingerprint density at radius 3 is 2.19 bits per heavy atom. The Balaban J connectivity index is 1.95. The van der Waals surface area contributed by atoms with Crippen LogP contribution in [-0.2, 0) is 0 Å². The van der Waals surface area contributed by atoms with E-state index in [4.69, 9.17) is 27.6 Å². The van der Waals surface area contributed by atoms with E-state index in [-0.39, 0.29) is 11.4 Å². The fourth-order valence-electron chi connectivity index (χ4n) is 2.48. The number of nitriles is 1. The Bertz CT molecular complexity index is 1020. The van der Waals surface area contributed by atoms with Crippen LogP contribution in [-0.4, -0.2) is 5.78 Å². The van der Waals surface area contributed by atoms with Gasteiger partial charge in [0.2, 0.25) is 5.78 Å². The maximum atomic E-state index is 12.8. The molecular weight excluding hydrogens is 369 g/mol. The van der Waals surface area contributed by atoms with E-state index >= 15 is 0 Å². The molecule has 2 aromatic carbocycles. The van der Waals surface area contributed by atoms with Crippen molar-refractivity contribution in [3.8, 4) is 17.4 Å². The first kappa shape index (κ1) is 18.0. The van der Waals surface area contributed by atoms with E-state index in [1.165, 1.54) is 6.08 Å². The number of hydrogen-bond acceptors (Lipinski definition) is 3. The van der Waals surface area contributed by atoms with Crippen LogP contribution < -0.4 is 0 Å². The Hall–Kier alpha value is -2.80. The predicted octanol–water partition coefficient (Wildman–Crippen LogP) is 6.35. The molecule has 1 heterocycles. The van der Waals surface area contributed by atoms with Gasteiger partial charge in [-0.3, -0.25) is 4.79 Å². The van der Waals surface area contributed by atoms with Crippen LogP contribution in [0.4, 0.5) is 0 Å². The summed E-state index contributed by atoms with van der Waals surface area (Å²) in [6, 6.07) is 17.6. The van der Waals surface area contributed by atoms with Crippen LogP contribution in [0.3, 0.4) is 0 Å². The van der Waals surface area contributed by atoms with Gasteiger partial charge in [-0.1, -0.05) is 35.3 Å². The zero-order valence-corrected chi connectivity index (χ0v) is 15.3. The predicted molar refractivity (Wildman–Crippen MR) is 103 cm³/mol. The van der Waals surface area contributed by atoms with Crippen LogP contribution in [0.1, 0.15) is 21.7 Å². The first-order valence-corrected chi connectivity index (χ1v) is 8.52. The highest BCUT2D eigenvalue weighted by molar-refractivity contribution is 6.30. The third kappa shape index (κ3) is 3.88. The summed E-state index contributed by atoms with van der Waals surface area (Å²) in [6.07, 6.45) is 1.53. The largest absolute Gasteiger partial charge is 0.461 e. The number of hydrogen-bond donors (Lipinski definition) is 0. The van der Waals surface area contributed by atoms with Crippen molar-refractivity contribution in [3.05, 3.63) is 87.1 Å². The van der Waals surface area contributed by atoms with Gasteiger partial charge in [-0.15, -0.1) is 0 Å². The van der Waals surface area contributed by atoms with Crippen molar-refractivity contribution in [2.45, 2.75) is 6.92 Å². The highest BCUT2D eigenvalue weighted by atomic mass is 35.5. The number of Topliss-reactive ketones (excluding diaryl/α,β-unsaturated/α-hetero) is 1. The van der Waals surface area contributed by atoms with Crippen LogP contribution in [0.25, 0.3) is 17.4 Å². The van der Waals surface area contributed by atoms with Gasteiger partial charge < -0.3 is 4.42 Å². The lowest BCUT2D eigenvalue weighted by molar-refractivity contribution is 0.103. The van der Waals surface area contributed by atoms with Crippen molar-refractivity contribution in [3.63, 3.8) is 0 Å². The number of carbonyl (C=O) groups is 1. The van der Waals surface area contributed by atoms with Crippen molar-refractivity contribution in [1.29, 1.82) is 5.26 Å². The number of nitrogens with zero attached hydrogens (tertiary/aromatic N) is 1. The molecule has 3 nitrogen and oxygen atoms in total. The van der Waals surface area contributed by atoms with E-state index in [0.717, 1.165) is 11.1 Å². The second kappa shape index (κ2) is 7.61. The van der Waals surface area contributed by atoms with Crippen LogP contribution in [0, 0.1) is 18.3 Å². The first-order valence-electron chi connectivity index (χ1n) is 7.76. The number of furan rings is 1. The van der Waals surface area contributed by atoms with Gasteiger partial charge in [0, 0.05) is 15.6 Å². The molecule has 3 aromatic rings. The van der Waals surface area contributed by atoms with Crippen molar-refractivity contribution < 1.29 is 9.21 Å². The minimum Gasteiger partial charge on any atom is -0.461 e. The third-order valence-electron chi connectivity index (χ3n) is 3.84. The van der Waals surface area contributed by atoms with Gasteiger partial charge in [-0.25, -0.2) is 0 Å². The molecule has 0 radical (unpaired) electrons. The normalized spacial score (nSPS) is 11.2. The van der Waals surface area contributed by atoms with E-state index in [1.807, 2.05) is 18.2 Å². The van der Waals surface area contributed by atoms with Gasteiger partial charge >= 0.3 is 0 Å². The topological polar surface area (TPSA) is 54.0 Å². The maximum Gasteiger partial charge on any atom is 0.207 e. The fourth-order valence-corrected chi connectivity index (χ4v) is 2.74. The first-order chi connectivity index (χ1) is 12.5. The van der Waals surface area contributed by atoms with Gasteiger partial charge in [0.15, 0.2) is 0 Å².